The molecule has 4 heteroatoms. The Hall–Kier alpha value is 0.0969. The summed E-state index contributed by atoms with van der Waals surface area (Å²) in [6.45, 7) is 12.4. The van der Waals surface area contributed by atoms with Crippen LogP contribution in [0.1, 0.15) is 33.6 Å². The van der Waals surface area contributed by atoms with Crippen LogP contribution in [0.4, 0.5) is 0 Å². The molecule has 1 fully saturated rings. The molecule has 1 atom stereocenters. The van der Waals surface area contributed by atoms with Gasteiger partial charge in [-0.25, -0.2) is 0 Å². The van der Waals surface area contributed by atoms with Crippen molar-refractivity contribution in [1.82, 2.24) is 5.06 Å². The molecule has 3 nitrogen and oxygen atoms in total. The topological polar surface area (TPSA) is 32.7 Å². The van der Waals surface area contributed by atoms with Crippen LogP contribution in [0, 0.1) is 0 Å². The van der Waals surface area contributed by atoms with Gasteiger partial charge in [0, 0.05) is 6.54 Å². The number of hydroxylamine groups is 2. The summed E-state index contributed by atoms with van der Waals surface area (Å²) in [4.78, 5) is 0. The van der Waals surface area contributed by atoms with Gasteiger partial charge in [0.15, 0.2) is 0 Å². The molecule has 15 heavy (non-hydrogen) atoms. The van der Waals surface area contributed by atoms with Gasteiger partial charge in [-0.05, 0) is 31.0 Å². The van der Waals surface area contributed by atoms with E-state index in [4.69, 9.17) is 4.53 Å². The van der Waals surface area contributed by atoms with Gasteiger partial charge in [0.2, 0.25) is 8.32 Å². The number of aliphatic hydroxyl groups is 1. The molecular formula is C11H25NO2Si. The van der Waals surface area contributed by atoms with Crippen molar-refractivity contribution in [2.24, 2.45) is 0 Å². The highest BCUT2D eigenvalue weighted by molar-refractivity contribution is 6.74. The van der Waals surface area contributed by atoms with E-state index in [-0.39, 0.29) is 17.7 Å². The lowest BCUT2D eigenvalue weighted by atomic mass is 10.2. The van der Waals surface area contributed by atoms with Crippen LogP contribution in [0.3, 0.4) is 0 Å². The van der Waals surface area contributed by atoms with Crippen LogP contribution in [-0.2, 0) is 4.53 Å². The van der Waals surface area contributed by atoms with Gasteiger partial charge in [-0.15, -0.1) is 0 Å². The summed E-state index contributed by atoms with van der Waals surface area (Å²) in [5.41, 5.74) is 0. The van der Waals surface area contributed by atoms with Crippen LogP contribution in [0.15, 0.2) is 0 Å². The maximum Gasteiger partial charge on any atom is 0.220 e. The third-order valence-corrected chi connectivity index (χ3v) is 7.99. The maximum absolute atomic E-state index is 9.23. The Morgan fingerprint density at radius 2 is 2.00 bits per heavy atom. The van der Waals surface area contributed by atoms with Gasteiger partial charge in [-0.2, -0.15) is 5.06 Å². The van der Waals surface area contributed by atoms with Crippen LogP contribution in [0.5, 0.6) is 0 Å². The molecular weight excluding hydrogens is 206 g/mol. The second-order valence-corrected chi connectivity index (χ2v) is 10.7. The second-order valence-electron chi connectivity index (χ2n) is 5.97. The Kier molecular flexibility index (Phi) is 3.98. The van der Waals surface area contributed by atoms with Crippen LogP contribution in [0.2, 0.25) is 18.1 Å². The number of aliphatic hydroxyl groups excluding tert-OH is 1. The zero-order valence-corrected chi connectivity index (χ0v) is 11.7. The van der Waals surface area contributed by atoms with Crippen LogP contribution in [0.25, 0.3) is 0 Å². The highest BCUT2D eigenvalue weighted by atomic mass is 28.4. The predicted octanol–water partition coefficient (Wildman–Crippen LogP) is 2.38. The van der Waals surface area contributed by atoms with E-state index in [9.17, 15) is 5.11 Å². The van der Waals surface area contributed by atoms with Crippen LogP contribution in [-0.4, -0.2) is 37.7 Å². The molecule has 1 aliphatic heterocycles. The van der Waals surface area contributed by atoms with Crippen LogP contribution < -0.4 is 0 Å². The first-order chi connectivity index (χ1) is 6.78. The summed E-state index contributed by atoms with van der Waals surface area (Å²) in [7, 11) is -1.71. The number of rotatable bonds is 3. The van der Waals surface area contributed by atoms with Crippen molar-refractivity contribution in [3.63, 3.8) is 0 Å². The van der Waals surface area contributed by atoms with Gasteiger partial charge >= 0.3 is 0 Å². The smallest absolute Gasteiger partial charge is 0.220 e. The van der Waals surface area contributed by atoms with E-state index in [1.54, 1.807) is 0 Å². The van der Waals surface area contributed by atoms with E-state index in [0.29, 0.717) is 0 Å². The quantitative estimate of drug-likeness (QED) is 0.757. The van der Waals surface area contributed by atoms with Crippen molar-refractivity contribution in [3.05, 3.63) is 0 Å². The fraction of sp³-hybridized carbons (Fsp3) is 1.00. The zero-order chi connectivity index (χ0) is 11.7. The normalized spacial score (nSPS) is 24.8. The van der Waals surface area contributed by atoms with Gasteiger partial charge in [0.25, 0.3) is 0 Å². The minimum Gasteiger partial charge on any atom is -0.395 e. The Morgan fingerprint density at radius 1 is 1.40 bits per heavy atom. The number of nitrogens with zero attached hydrogens (tertiary/aromatic N) is 1. The Morgan fingerprint density at radius 3 is 2.47 bits per heavy atom. The first-order valence-corrected chi connectivity index (χ1v) is 8.75. The Bertz CT molecular complexity index is 213. The molecule has 0 radical (unpaired) electrons. The second kappa shape index (κ2) is 4.53. The van der Waals surface area contributed by atoms with E-state index in [2.05, 4.69) is 33.9 Å². The summed E-state index contributed by atoms with van der Waals surface area (Å²) < 4.78 is 6.18. The average Bonchev–Trinajstić information content (AvgIpc) is 2.48. The minimum absolute atomic E-state index is 0.217. The van der Waals surface area contributed by atoms with Crippen molar-refractivity contribution in [2.45, 2.75) is 57.8 Å². The molecule has 0 aromatic heterocycles. The molecule has 1 saturated heterocycles. The Balaban J connectivity index is 2.60. The summed E-state index contributed by atoms with van der Waals surface area (Å²) in [5, 5.41) is 11.5. The number of hydrogen-bond acceptors (Lipinski definition) is 3. The van der Waals surface area contributed by atoms with Gasteiger partial charge in [-0.1, -0.05) is 20.8 Å². The highest BCUT2D eigenvalue weighted by Crippen LogP contribution is 2.38. The van der Waals surface area contributed by atoms with Crippen molar-refractivity contribution >= 4 is 8.32 Å². The molecule has 1 N–H and O–H groups in total. The third kappa shape index (κ3) is 3.03. The molecule has 1 rings (SSSR count). The summed E-state index contributed by atoms with van der Waals surface area (Å²) in [6, 6.07) is 0.221. The van der Waals surface area contributed by atoms with Crippen molar-refractivity contribution in [2.75, 3.05) is 13.2 Å². The number of hydrogen-bond donors (Lipinski definition) is 1. The molecule has 90 valence electrons. The van der Waals surface area contributed by atoms with Gasteiger partial charge in [-0.3, -0.25) is 0 Å². The van der Waals surface area contributed by atoms with Gasteiger partial charge in [0.1, 0.15) is 0 Å². The molecule has 0 amide bonds. The molecule has 0 spiro atoms. The standard InChI is InChI=1S/C11H25NO2Si/c1-11(2,3)15(4,5)14-12-8-6-7-10(12)9-13/h10,13H,6-9H2,1-5H3/t10-/m0/s1. The SMILES string of the molecule is CC(C)(C)[Si](C)(C)ON1CCC[C@H]1CO. The molecule has 0 bridgehead atoms. The van der Waals surface area contributed by atoms with E-state index in [0.717, 1.165) is 19.4 Å². The molecule has 0 saturated carbocycles. The average molecular weight is 231 g/mol. The summed E-state index contributed by atoms with van der Waals surface area (Å²) in [5.74, 6) is 0. The Labute approximate surface area is 94.5 Å². The zero-order valence-electron chi connectivity index (χ0n) is 10.7. The summed E-state index contributed by atoms with van der Waals surface area (Å²) >= 11 is 0. The molecule has 0 unspecified atom stereocenters. The van der Waals surface area contributed by atoms with Crippen molar-refractivity contribution in [3.8, 4) is 0 Å². The highest BCUT2D eigenvalue weighted by Gasteiger charge is 2.41. The molecule has 0 aromatic carbocycles. The van der Waals surface area contributed by atoms with E-state index < -0.39 is 8.32 Å². The summed E-state index contributed by atoms with van der Waals surface area (Å²) in [6.07, 6.45) is 2.20. The van der Waals surface area contributed by atoms with Crippen molar-refractivity contribution in [1.29, 1.82) is 0 Å². The fourth-order valence-corrected chi connectivity index (χ4v) is 2.64. The molecule has 1 aliphatic rings. The van der Waals surface area contributed by atoms with Gasteiger partial charge < -0.3 is 9.63 Å². The van der Waals surface area contributed by atoms with Crippen LogP contribution >= 0.6 is 0 Å². The third-order valence-electron chi connectivity index (χ3n) is 3.69. The lowest BCUT2D eigenvalue weighted by molar-refractivity contribution is -0.0961. The monoisotopic (exact) mass is 231 g/mol. The molecule has 0 aromatic rings. The van der Waals surface area contributed by atoms with Gasteiger partial charge in [0.05, 0.1) is 12.6 Å². The van der Waals surface area contributed by atoms with E-state index in [1.807, 2.05) is 5.06 Å². The van der Waals surface area contributed by atoms with E-state index in [1.165, 1.54) is 0 Å². The maximum atomic E-state index is 9.23. The van der Waals surface area contributed by atoms with E-state index >= 15 is 0 Å². The molecule has 0 aliphatic carbocycles. The predicted molar refractivity (Wildman–Crippen MR) is 65.1 cm³/mol. The minimum atomic E-state index is -1.71. The first-order valence-electron chi connectivity index (χ1n) is 5.84. The lowest BCUT2D eigenvalue weighted by Gasteiger charge is -2.40. The largest absolute Gasteiger partial charge is 0.395 e. The molecule has 1 heterocycles. The fourth-order valence-electron chi connectivity index (χ4n) is 1.54. The lowest BCUT2D eigenvalue weighted by Crippen LogP contribution is -2.48. The first kappa shape index (κ1) is 13.2. The van der Waals surface area contributed by atoms with Crippen molar-refractivity contribution < 1.29 is 9.63 Å².